The number of nitrogens with zero attached hydrogens (tertiary/aromatic N) is 1. The quantitative estimate of drug-likeness (QED) is 0.728. The van der Waals surface area contributed by atoms with Gasteiger partial charge in [0.05, 0.1) is 13.2 Å². The molecule has 0 aromatic heterocycles. The average Bonchev–Trinajstić information content (AvgIpc) is 2.51. The Labute approximate surface area is 127 Å². The van der Waals surface area contributed by atoms with E-state index in [1.807, 2.05) is 0 Å². The van der Waals surface area contributed by atoms with E-state index in [2.05, 4.69) is 12.2 Å². The second kappa shape index (κ2) is 8.37. The van der Waals surface area contributed by atoms with Gasteiger partial charge in [0, 0.05) is 13.2 Å². The highest BCUT2D eigenvalue weighted by Crippen LogP contribution is 2.28. The number of ether oxygens (including phenoxy) is 1. The summed E-state index contributed by atoms with van der Waals surface area (Å²) in [6, 6.07) is -0.304. The summed E-state index contributed by atoms with van der Waals surface area (Å²) in [6.45, 7) is 4.09. The SMILES string of the molecule is CCCCOCCN1CC(=O)NC(C2CCCCC2)C1=O. The van der Waals surface area contributed by atoms with Crippen LogP contribution in [0.15, 0.2) is 0 Å². The molecule has 21 heavy (non-hydrogen) atoms. The van der Waals surface area contributed by atoms with E-state index in [9.17, 15) is 9.59 Å². The summed E-state index contributed by atoms with van der Waals surface area (Å²) in [5.41, 5.74) is 0. The third-order valence-electron chi connectivity index (χ3n) is 4.50. The summed E-state index contributed by atoms with van der Waals surface area (Å²) in [5.74, 6) is 0.373. The molecule has 0 radical (unpaired) electrons. The van der Waals surface area contributed by atoms with Crippen LogP contribution in [-0.2, 0) is 14.3 Å². The van der Waals surface area contributed by atoms with Crippen LogP contribution in [0.5, 0.6) is 0 Å². The average molecular weight is 296 g/mol. The molecule has 0 bridgehead atoms. The summed E-state index contributed by atoms with van der Waals surface area (Å²) in [6.07, 6.45) is 7.85. The zero-order valence-corrected chi connectivity index (χ0v) is 13.1. The van der Waals surface area contributed by atoms with E-state index in [-0.39, 0.29) is 24.4 Å². The van der Waals surface area contributed by atoms with E-state index in [0.29, 0.717) is 19.1 Å². The number of hydrogen-bond acceptors (Lipinski definition) is 3. The van der Waals surface area contributed by atoms with E-state index in [1.165, 1.54) is 19.3 Å². The molecule has 0 spiro atoms. The first-order valence-corrected chi connectivity index (χ1v) is 8.38. The zero-order chi connectivity index (χ0) is 15.1. The van der Waals surface area contributed by atoms with Crippen LogP contribution in [0, 0.1) is 5.92 Å². The first-order chi connectivity index (χ1) is 10.2. The molecule has 2 amide bonds. The van der Waals surface area contributed by atoms with Crippen molar-refractivity contribution in [2.75, 3.05) is 26.3 Å². The number of amides is 2. The molecule has 2 fully saturated rings. The highest BCUT2D eigenvalue weighted by atomic mass is 16.5. The normalized spacial score (nSPS) is 24.2. The second-order valence-electron chi connectivity index (χ2n) is 6.17. The maximum atomic E-state index is 12.5. The molecular weight excluding hydrogens is 268 g/mol. The van der Waals surface area contributed by atoms with Gasteiger partial charge in [0.15, 0.2) is 0 Å². The van der Waals surface area contributed by atoms with E-state index >= 15 is 0 Å². The topological polar surface area (TPSA) is 58.6 Å². The summed E-state index contributed by atoms with van der Waals surface area (Å²) in [4.78, 5) is 26.1. The molecule has 1 unspecified atom stereocenters. The highest BCUT2D eigenvalue weighted by Gasteiger charge is 2.37. The van der Waals surface area contributed by atoms with Gasteiger partial charge in [-0.2, -0.15) is 0 Å². The van der Waals surface area contributed by atoms with Gasteiger partial charge < -0.3 is 15.0 Å². The lowest BCUT2D eigenvalue weighted by atomic mass is 9.82. The van der Waals surface area contributed by atoms with E-state index in [1.54, 1.807) is 4.90 Å². The van der Waals surface area contributed by atoms with Crippen LogP contribution in [0.25, 0.3) is 0 Å². The zero-order valence-electron chi connectivity index (χ0n) is 13.1. The number of nitrogens with one attached hydrogen (secondary N) is 1. The number of hydrogen-bond donors (Lipinski definition) is 1. The monoisotopic (exact) mass is 296 g/mol. The number of carbonyl (C=O) groups is 2. The van der Waals surface area contributed by atoms with Gasteiger partial charge in [-0.3, -0.25) is 9.59 Å². The largest absolute Gasteiger partial charge is 0.380 e. The molecule has 120 valence electrons. The van der Waals surface area contributed by atoms with Crippen LogP contribution in [0.2, 0.25) is 0 Å². The third-order valence-corrected chi connectivity index (χ3v) is 4.50. The Kier molecular flexibility index (Phi) is 6.49. The Morgan fingerprint density at radius 1 is 1.19 bits per heavy atom. The van der Waals surface area contributed by atoms with Crippen molar-refractivity contribution in [3.05, 3.63) is 0 Å². The molecule has 1 N–H and O–H groups in total. The van der Waals surface area contributed by atoms with Crippen molar-refractivity contribution < 1.29 is 14.3 Å². The van der Waals surface area contributed by atoms with Crippen LogP contribution < -0.4 is 5.32 Å². The predicted octanol–water partition coefficient (Wildman–Crippen LogP) is 1.71. The Morgan fingerprint density at radius 2 is 1.95 bits per heavy atom. The van der Waals surface area contributed by atoms with Gasteiger partial charge >= 0.3 is 0 Å². The highest BCUT2D eigenvalue weighted by molar-refractivity contribution is 5.95. The summed E-state index contributed by atoms with van der Waals surface area (Å²) in [5, 5.41) is 2.91. The Balaban J connectivity index is 1.83. The molecule has 0 aromatic rings. The second-order valence-corrected chi connectivity index (χ2v) is 6.17. The van der Waals surface area contributed by atoms with E-state index in [0.717, 1.165) is 32.3 Å². The molecular formula is C16H28N2O3. The Morgan fingerprint density at radius 3 is 2.67 bits per heavy atom. The van der Waals surface area contributed by atoms with Crippen LogP contribution in [0.1, 0.15) is 51.9 Å². The minimum absolute atomic E-state index is 0.0290. The number of unbranched alkanes of at least 4 members (excludes halogenated alkanes) is 1. The molecule has 0 aromatic carbocycles. The smallest absolute Gasteiger partial charge is 0.245 e. The minimum Gasteiger partial charge on any atom is -0.380 e. The first-order valence-electron chi connectivity index (χ1n) is 8.38. The molecule has 1 aliphatic heterocycles. The lowest BCUT2D eigenvalue weighted by Crippen LogP contribution is -2.61. The Bertz CT molecular complexity index is 353. The van der Waals surface area contributed by atoms with Crippen LogP contribution >= 0.6 is 0 Å². The summed E-state index contributed by atoms with van der Waals surface area (Å²) >= 11 is 0. The van der Waals surface area contributed by atoms with Gasteiger partial charge in [0.25, 0.3) is 0 Å². The van der Waals surface area contributed by atoms with Crippen molar-refractivity contribution in [2.45, 2.75) is 57.9 Å². The summed E-state index contributed by atoms with van der Waals surface area (Å²) in [7, 11) is 0. The Hall–Kier alpha value is -1.10. The van der Waals surface area contributed by atoms with Gasteiger partial charge in [-0.05, 0) is 25.2 Å². The van der Waals surface area contributed by atoms with Crippen LogP contribution in [0.3, 0.4) is 0 Å². The van der Waals surface area contributed by atoms with E-state index < -0.39 is 0 Å². The van der Waals surface area contributed by atoms with Gasteiger partial charge in [0.1, 0.15) is 6.04 Å². The molecule has 5 nitrogen and oxygen atoms in total. The lowest BCUT2D eigenvalue weighted by Gasteiger charge is -2.37. The molecule has 2 rings (SSSR count). The van der Waals surface area contributed by atoms with Crippen molar-refractivity contribution in [3.8, 4) is 0 Å². The molecule has 1 atom stereocenters. The van der Waals surface area contributed by atoms with Gasteiger partial charge in [-0.1, -0.05) is 32.6 Å². The summed E-state index contributed by atoms with van der Waals surface area (Å²) < 4.78 is 5.52. The molecule has 1 saturated heterocycles. The maximum Gasteiger partial charge on any atom is 0.245 e. The van der Waals surface area contributed by atoms with Crippen molar-refractivity contribution in [3.63, 3.8) is 0 Å². The van der Waals surface area contributed by atoms with Crippen molar-refractivity contribution in [2.24, 2.45) is 5.92 Å². The fourth-order valence-electron chi connectivity index (χ4n) is 3.23. The van der Waals surface area contributed by atoms with Crippen molar-refractivity contribution >= 4 is 11.8 Å². The first kappa shape index (κ1) is 16.3. The number of rotatable bonds is 7. The van der Waals surface area contributed by atoms with Crippen molar-refractivity contribution in [1.82, 2.24) is 10.2 Å². The maximum absolute atomic E-state index is 12.5. The molecule has 2 aliphatic rings. The van der Waals surface area contributed by atoms with E-state index in [4.69, 9.17) is 4.74 Å². The van der Waals surface area contributed by atoms with Crippen molar-refractivity contribution in [1.29, 1.82) is 0 Å². The van der Waals surface area contributed by atoms with Crippen LogP contribution in [0.4, 0.5) is 0 Å². The third kappa shape index (κ3) is 4.70. The number of piperazine rings is 1. The van der Waals surface area contributed by atoms with Gasteiger partial charge in [0.2, 0.25) is 11.8 Å². The fourth-order valence-corrected chi connectivity index (χ4v) is 3.23. The molecule has 1 saturated carbocycles. The molecule has 5 heteroatoms. The molecule has 1 heterocycles. The predicted molar refractivity (Wildman–Crippen MR) is 80.8 cm³/mol. The number of carbonyl (C=O) groups excluding carboxylic acids is 2. The van der Waals surface area contributed by atoms with Gasteiger partial charge in [-0.15, -0.1) is 0 Å². The van der Waals surface area contributed by atoms with Gasteiger partial charge in [-0.25, -0.2) is 0 Å². The minimum atomic E-state index is -0.304. The fraction of sp³-hybridized carbons (Fsp3) is 0.875. The lowest BCUT2D eigenvalue weighted by molar-refractivity contribution is -0.147. The standard InChI is InChI=1S/C16H28N2O3/c1-2-3-10-21-11-9-18-12-14(19)17-15(16(18)20)13-7-5-4-6-8-13/h13,15H,2-12H2,1H3,(H,17,19). The van der Waals surface area contributed by atoms with Crippen LogP contribution in [-0.4, -0.2) is 49.1 Å². The molecule has 1 aliphatic carbocycles.